The van der Waals surface area contributed by atoms with Gasteiger partial charge in [-0.3, -0.25) is 9.71 Å². The Balaban J connectivity index is 2.43. The van der Waals surface area contributed by atoms with Crippen molar-refractivity contribution in [3.8, 4) is 16.9 Å². The first-order valence-electron chi connectivity index (χ1n) is 7.11. The van der Waals surface area contributed by atoms with Crippen molar-refractivity contribution in [2.45, 2.75) is 20.3 Å². The van der Waals surface area contributed by atoms with Gasteiger partial charge in [0.05, 0.1) is 6.26 Å². The SMILES string of the molecule is Cc1cc(NS(C)(=O)=O)ccc1-c1cncc(C)c1OCC(F)F. The third kappa shape index (κ3) is 4.64. The molecule has 1 heterocycles. The molecule has 0 aliphatic heterocycles. The van der Waals surface area contributed by atoms with E-state index >= 15 is 0 Å². The maximum absolute atomic E-state index is 12.5. The van der Waals surface area contributed by atoms with Crippen LogP contribution in [0.4, 0.5) is 14.5 Å². The average molecular weight is 356 g/mol. The third-order valence-electron chi connectivity index (χ3n) is 3.25. The van der Waals surface area contributed by atoms with Crippen LogP contribution < -0.4 is 9.46 Å². The van der Waals surface area contributed by atoms with Crippen LogP contribution in [0.1, 0.15) is 11.1 Å². The molecule has 2 rings (SSSR count). The lowest BCUT2D eigenvalue weighted by Crippen LogP contribution is -2.10. The second-order valence-corrected chi connectivity index (χ2v) is 7.19. The van der Waals surface area contributed by atoms with E-state index in [0.29, 0.717) is 22.6 Å². The number of halogens is 2. The van der Waals surface area contributed by atoms with Crippen molar-refractivity contribution in [1.82, 2.24) is 4.98 Å². The summed E-state index contributed by atoms with van der Waals surface area (Å²) in [5.41, 5.74) is 3.15. The van der Waals surface area contributed by atoms with Gasteiger partial charge in [-0.15, -0.1) is 0 Å². The normalized spacial score (nSPS) is 11.6. The molecule has 0 radical (unpaired) electrons. The molecule has 8 heteroatoms. The number of aryl methyl sites for hydroxylation is 2. The minimum atomic E-state index is -3.37. The molecule has 5 nitrogen and oxygen atoms in total. The number of pyridine rings is 1. The Morgan fingerprint density at radius 2 is 1.88 bits per heavy atom. The summed E-state index contributed by atoms with van der Waals surface area (Å²) < 4.78 is 55.2. The second-order valence-electron chi connectivity index (χ2n) is 5.44. The molecule has 0 saturated carbocycles. The Bertz CT molecular complexity index is 839. The van der Waals surface area contributed by atoms with Gasteiger partial charge in [0.15, 0.2) is 0 Å². The average Bonchev–Trinajstić information content (AvgIpc) is 2.44. The summed E-state index contributed by atoms with van der Waals surface area (Å²) in [6.45, 7) is 2.82. The predicted molar refractivity (Wildman–Crippen MR) is 89.1 cm³/mol. The van der Waals surface area contributed by atoms with Gasteiger partial charge in [-0.1, -0.05) is 6.07 Å². The van der Waals surface area contributed by atoms with E-state index in [9.17, 15) is 17.2 Å². The van der Waals surface area contributed by atoms with Gasteiger partial charge in [-0.2, -0.15) is 0 Å². The number of aromatic nitrogens is 1. The molecule has 2 aromatic rings. The summed E-state index contributed by atoms with van der Waals surface area (Å²) in [7, 11) is -3.37. The number of alkyl halides is 2. The lowest BCUT2D eigenvalue weighted by atomic mass is 9.99. The predicted octanol–water partition coefficient (Wildman–Crippen LogP) is 3.38. The van der Waals surface area contributed by atoms with Crippen LogP contribution >= 0.6 is 0 Å². The van der Waals surface area contributed by atoms with Gasteiger partial charge >= 0.3 is 0 Å². The van der Waals surface area contributed by atoms with E-state index < -0.39 is 23.1 Å². The minimum Gasteiger partial charge on any atom is -0.487 e. The van der Waals surface area contributed by atoms with Gasteiger partial charge in [0.2, 0.25) is 10.0 Å². The van der Waals surface area contributed by atoms with E-state index in [1.807, 2.05) is 0 Å². The fourth-order valence-electron chi connectivity index (χ4n) is 2.33. The third-order valence-corrected chi connectivity index (χ3v) is 3.85. The monoisotopic (exact) mass is 356 g/mol. The quantitative estimate of drug-likeness (QED) is 0.861. The lowest BCUT2D eigenvalue weighted by Gasteiger charge is -2.16. The number of sulfonamides is 1. The second kappa shape index (κ2) is 7.12. The van der Waals surface area contributed by atoms with Crippen molar-refractivity contribution in [3.63, 3.8) is 0 Å². The molecule has 0 aliphatic rings. The Morgan fingerprint density at radius 1 is 1.17 bits per heavy atom. The number of ether oxygens (including phenoxy) is 1. The summed E-state index contributed by atoms with van der Waals surface area (Å²) in [6, 6.07) is 4.97. The highest BCUT2D eigenvalue weighted by Gasteiger charge is 2.15. The standard InChI is InChI=1S/C16H18F2N2O3S/c1-10-6-12(20-24(3,21)22)4-5-13(10)14-8-19-7-11(2)16(14)23-9-15(17)18/h4-8,15,20H,9H2,1-3H3. The molecule has 0 unspecified atom stereocenters. The molecule has 1 N–H and O–H groups in total. The van der Waals surface area contributed by atoms with Gasteiger partial charge in [-0.25, -0.2) is 17.2 Å². The van der Waals surface area contributed by atoms with E-state index in [1.165, 1.54) is 0 Å². The number of hydrogen-bond acceptors (Lipinski definition) is 4. The van der Waals surface area contributed by atoms with Crippen molar-refractivity contribution in [2.75, 3.05) is 17.6 Å². The van der Waals surface area contributed by atoms with E-state index in [0.717, 1.165) is 17.4 Å². The van der Waals surface area contributed by atoms with Crippen LogP contribution in [-0.2, 0) is 10.0 Å². The first-order chi connectivity index (χ1) is 11.2. The van der Waals surface area contributed by atoms with Crippen LogP contribution in [0.2, 0.25) is 0 Å². The highest BCUT2D eigenvalue weighted by atomic mass is 32.2. The number of nitrogens with zero attached hydrogens (tertiary/aromatic N) is 1. The van der Waals surface area contributed by atoms with E-state index in [-0.39, 0.29) is 0 Å². The number of nitrogens with one attached hydrogen (secondary N) is 1. The van der Waals surface area contributed by atoms with Crippen molar-refractivity contribution >= 4 is 15.7 Å². The zero-order valence-corrected chi connectivity index (χ0v) is 14.3. The molecule has 24 heavy (non-hydrogen) atoms. The van der Waals surface area contributed by atoms with Crippen LogP contribution in [0.3, 0.4) is 0 Å². The number of benzene rings is 1. The van der Waals surface area contributed by atoms with Crippen LogP contribution in [0.15, 0.2) is 30.6 Å². The molecule has 0 bridgehead atoms. The van der Waals surface area contributed by atoms with E-state index in [4.69, 9.17) is 4.74 Å². The van der Waals surface area contributed by atoms with Crippen molar-refractivity contribution in [3.05, 3.63) is 41.7 Å². The molecule has 0 spiro atoms. The summed E-state index contributed by atoms with van der Waals surface area (Å²) in [5, 5.41) is 0. The Hall–Kier alpha value is -2.22. The minimum absolute atomic E-state index is 0.345. The smallest absolute Gasteiger partial charge is 0.272 e. The summed E-state index contributed by atoms with van der Waals surface area (Å²) in [5.74, 6) is 0.345. The van der Waals surface area contributed by atoms with Gasteiger partial charge in [0.1, 0.15) is 12.4 Å². The molecule has 0 amide bonds. The van der Waals surface area contributed by atoms with Crippen molar-refractivity contribution in [1.29, 1.82) is 0 Å². The van der Waals surface area contributed by atoms with Crippen LogP contribution in [0.5, 0.6) is 5.75 Å². The topological polar surface area (TPSA) is 68.3 Å². The van der Waals surface area contributed by atoms with Gasteiger partial charge in [-0.05, 0) is 37.1 Å². The summed E-state index contributed by atoms with van der Waals surface area (Å²) in [6.07, 6.45) is 1.57. The van der Waals surface area contributed by atoms with Crippen LogP contribution in [0, 0.1) is 13.8 Å². The molecular weight excluding hydrogens is 338 g/mol. The Morgan fingerprint density at radius 3 is 2.46 bits per heavy atom. The Labute approximate surface area is 139 Å². The molecular formula is C16H18F2N2O3S. The zero-order chi connectivity index (χ0) is 17.9. The van der Waals surface area contributed by atoms with E-state index in [1.54, 1.807) is 44.4 Å². The molecule has 1 aromatic heterocycles. The largest absolute Gasteiger partial charge is 0.487 e. The molecule has 1 aromatic carbocycles. The fourth-order valence-corrected chi connectivity index (χ4v) is 2.88. The first-order valence-corrected chi connectivity index (χ1v) is 9.01. The van der Waals surface area contributed by atoms with Gasteiger partial charge < -0.3 is 4.74 Å². The van der Waals surface area contributed by atoms with Crippen LogP contribution in [-0.4, -0.2) is 32.7 Å². The van der Waals surface area contributed by atoms with Crippen molar-refractivity contribution in [2.24, 2.45) is 0 Å². The summed E-state index contributed by atoms with van der Waals surface area (Å²) in [4.78, 5) is 4.09. The fraction of sp³-hybridized carbons (Fsp3) is 0.312. The molecule has 0 aliphatic carbocycles. The van der Waals surface area contributed by atoms with Gasteiger partial charge in [0.25, 0.3) is 6.43 Å². The Kier molecular flexibility index (Phi) is 5.38. The van der Waals surface area contributed by atoms with Crippen LogP contribution in [0.25, 0.3) is 11.1 Å². The lowest BCUT2D eigenvalue weighted by molar-refractivity contribution is 0.0818. The number of rotatable bonds is 6. The first kappa shape index (κ1) is 18.1. The van der Waals surface area contributed by atoms with Crippen molar-refractivity contribution < 1.29 is 21.9 Å². The summed E-state index contributed by atoms with van der Waals surface area (Å²) >= 11 is 0. The molecule has 0 atom stereocenters. The highest BCUT2D eigenvalue weighted by molar-refractivity contribution is 7.92. The molecule has 130 valence electrons. The number of anilines is 1. The number of hydrogen-bond donors (Lipinski definition) is 1. The highest BCUT2D eigenvalue weighted by Crippen LogP contribution is 2.35. The molecule has 0 saturated heterocycles. The maximum Gasteiger partial charge on any atom is 0.272 e. The van der Waals surface area contributed by atoms with E-state index in [2.05, 4.69) is 9.71 Å². The van der Waals surface area contributed by atoms with Gasteiger partial charge in [0, 0.05) is 29.2 Å². The maximum atomic E-state index is 12.5. The molecule has 0 fully saturated rings. The zero-order valence-electron chi connectivity index (χ0n) is 13.5.